The smallest absolute Gasteiger partial charge is 0.459 e. The first-order chi connectivity index (χ1) is 6.69. The zero-order valence-electron chi connectivity index (χ0n) is 8.00. The second-order valence-corrected chi connectivity index (χ2v) is 3.58. The Bertz CT molecular complexity index is 292. The number of carboxylic acid groups (broad SMARTS) is 1. The zero-order chi connectivity index (χ0) is 13.6. The molecule has 0 aliphatic heterocycles. The van der Waals surface area contributed by atoms with Crippen LogP contribution in [-0.2, 0) is 4.79 Å². The Labute approximate surface area is 85.0 Å². The largest absolute Gasteiger partial charge is 0.481 e. The third kappa shape index (κ3) is 1.82. The summed E-state index contributed by atoms with van der Waals surface area (Å²) in [5.74, 6) is -14.6. The van der Waals surface area contributed by atoms with E-state index >= 15 is 0 Å². The Morgan fingerprint density at radius 2 is 1.19 bits per heavy atom. The molecule has 0 atom stereocenters. The molecule has 0 saturated heterocycles. The van der Waals surface area contributed by atoms with Gasteiger partial charge in [0.2, 0.25) is 0 Å². The molecule has 1 N–H and O–H groups in total. The zero-order valence-corrected chi connectivity index (χ0v) is 8.00. The van der Waals surface area contributed by atoms with Crippen LogP contribution in [0.5, 0.6) is 0 Å². The first-order valence-electron chi connectivity index (χ1n) is 3.75. The molecule has 2 nitrogen and oxygen atoms in total. The van der Waals surface area contributed by atoms with Gasteiger partial charge in [0.05, 0.1) is 0 Å². The highest BCUT2D eigenvalue weighted by molar-refractivity contribution is 5.75. The molecule has 0 aliphatic carbocycles. The number of halogens is 7. The Kier molecular flexibility index (Phi) is 3.27. The van der Waals surface area contributed by atoms with Crippen LogP contribution >= 0.6 is 0 Å². The summed E-state index contributed by atoms with van der Waals surface area (Å²) in [5.41, 5.74) is -3.55. The molecule has 0 aromatic carbocycles. The molecule has 0 fully saturated rings. The van der Waals surface area contributed by atoms with E-state index in [1.165, 1.54) is 0 Å². The maximum Gasteiger partial charge on any atom is 0.459 e. The lowest BCUT2D eigenvalue weighted by molar-refractivity contribution is -0.373. The van der Waals surface area contributed by atoms with E-state index in [4.69, 9.17) is 5.11 Å². The number of hydrogen-bond donors (Lipinski definition) is 1. The molecule has 0 aromatic heterocycles. The lowest BCUT2D eigenvalue weighted by atomic mass is 9.81. The second kappa shape index (κ2) is 3.49. The molecule has 0 heterocycles. The molecule has 9 heteroatoms. The van der Waals surface area contributed by atoms with Crippen molar-refractivity contribution in [3.8, 4) is 0 Å². The molecule has 0 unspecified atom stereocenters. The van der Waals surface area contributed by atoms with Gasteiger partial charge in [-0.2, -0.15) is 30.7 Å². The molecular weight excluding hydrogens is 249 g/mol. The van der Waals surface area contributed by atoms with E-state index in [-0.39, 0.29) is 13.8 Å². The number of carbonyl (C=O) groups is 1. The molecule has 16 heavy (non-hydrogen) atoms. The van der Waals surface area contributed by atoms with Crippen LogP contribution in [0, 0.1) is 5.41 Å². The molecule has 96 valence electrons. The van der Waals surface area contributed by atoms with Crippen molar-refractivity contribution in [2.75, 3.05) is 0 Å². The van der Waals surface area contributed by atoms with E-state index in [1.54, 1.807) is 0 Å². The van der Waals surface area contributed by atoms with E-state index in [0.717, 1.165) is 0 Å². The Morgan fingerprint density at radius 1 is 0.875 bits per heavy atom. The van der Waals surface area contributed by atoms with Crippen LogP contribution in [0.3, 0.4) is 0 Å². The Hall–Kier alpha value is -1.02. The lowest BCUT2D eigenvalue weighted by Crippen LogP contribution is -2.61. The molecule has 0 aliphatic rings. The van der Waals surface area contributed by atoms with E-state index in [0.29, 0.717) is 0 Å². The number of alkyl halides is 7. The standard InChI is InChI=1S/C7H7F7O2/c1-4(2,3(15)16)5(8,9)6(10,11)7(12,13)14/h1-2H3,(H,15,16). The fourth-order valence-electron chi connectivity index (χ4n) is 0.705. The summed E-state index contributed by atoms with van der Waals surface area (Å²) in [6, 6.07) is 0. The first kappa shape index (κ1) is 15.0. The summed E-state index contributed by atoms with van der Waals surface area (Å²) in [7, 11) is 0. The summed E-state index contributed by atoms with van der Waals surface area (Å²) < 4.78 is 85.7. The highest BCUT2D eigenvalue weighted by atomic mass is 19.4. The van der Waals surface area contributed by atoms with Crippen LogP contribution in [0.4, 0.5) is 30.7 Å². The van der Waals surface area contributed by atoms with Gasteiger partial charge in [-0.1, -0.05) is 0 Å². The lowest BCUT2D eigenvalue weighted by Gasteiger charge is -2.36. The van der Waals surface area contributed by atoms with Crippen molar-refractivity contribution >= 4 is 5.97 Å². The van der Waals surface area contributed by atoms with Crippen molar-refractivity contribution in [2.24, 2.45) is 5.41 Å². The van der Waals surface area contributed by atoms with Crippen molar-refractivity contribution < 1.29 is 40.6 Å². The Balaban J connectivity index is 5.62. The molecule has 0 spiro atoms. The van der Waals surface area contributed by atoms with Gasteiger partial charge in [0.25, 0.3) is 0 Å². The SMILES string of the molecule is CC(C)(C(=O)O)C(F)(F)C(F)(F)C(F)(F)F. The van der Waals surface area contributed by atoms with E-state index in [1.807, 2.05) is 0 Å². The van der Waals surface area contributed by atoms with Gasteiger partial charge in [-0.3, -0.25) is 4.79 Å². The molecule has 0 saturated carbocycles. The van der Waals surface area contributed by atoms with Crippen molar-refractivity contribution in [1.29, 1.82) is 0 Å². The van der Waals surface area contributed by atoms with Gasteiger partial charge < -0.3 is 5.11 Å². The summed E-state index contributed by atoms with van der Waals surface area (Å²) in [6.45, 7) is 0.184. The predicted octanol–water partition coefficient (Wildman–Crippen LogP) is 2.93. The maximum atomic E-state index is 12.9. The summed E-state index contributed by atoms with van der Waals surface area (Å²) >= 11 is 0. The van der Waals surface area contributed by atoms with Crippen molar-refractivity contribution in [3.05, 3.63) is 0 Å². The quantitative estimate of drug-likeness (QED) is 0.788. The minimum atomic E-state index is -6.52. The van der Waals surface area contributed by atoms with Crippen LogP contribution in [0.2, 0.25) is 0 Å². The molecule has 0 bridgehead atoms. The number of rotatable bonds is 3. The van der Waals surface area contributed by atoms with Crippen molar-refractivity contribution in [2.45, 2.75) is 31.9 Å². The molecule has 0 aromatic rings. The van der Waals surface area contributed by atoms with Gasteiger partial charge >= 0.3 is 24.0 Å². The van der Waals surface area contributed by atoms with Crippen LogP contribution in [0.25, 0.3) is 0 Å². The normalized spacial score (nSPS) is 15.1. The summed E-state index contributed by atoms with van der Waals surface area (Å²) in [6.07, 6.45) is -6.52. The highest BCUT2D eigenvalue weighted by Gasteiger charge is 2.79. The molecule has 0 rings (SSSR count). The fourth-order valence-corrected chi connectivity index (χ4v) is 0.705. The highest BCUT2D eigenvalue weighted by Crippen LogP contribution is 2.54. The first-order valence-corrected chi connectivity index (χ1v) is 3.75. The van der Waals surface area contributed by atoms with Crippen LogP contribution in [0.15, 0.2) is 0 Å². The van der Waals surface area contributed by atoms with E-state index in [9.17, 15) is 35.5 Å². The van der Waals surface area contributed by atoms with Gasteiger partial charge in [-0.25, -0.2) is 0 Å². The van der Waals surface area contributed by atoms with Gasteiger partial charge in [0.1, 0.15) is 5.41 Å². The average molecular weight is 256 g/mol. The van der Waals surface area contributed by atoms with Gasteiger partial charge in [0, 0.05) is 0 Å². The number of hydrogen-bond acceptors (Lipinski definition) is 1. The van der Waals surface area contributed by atoms with Gasteiger partial charge in [-0.05, 0) is 13.8 Å². The summed E-state index contributed by atoms with van der Waals surface area (Å²) in [5, 5.41) is 8.23. The average Bonchev–Trinajstić information content (AvgIpc) is 2.00. The number of carboxylic acids is 1. The molecule has 0 radical (unpaired) electrons. The van der Waals surface area contributed by atoms with Crippen molar-refractivity contribution in [3.63, 3.8) is 0 Å². The van der Waals surface area contributed by atoms with Crippen LogP contribution < -0.4 is 0 Å². The topological polar surface area (TPSA) is 37.3 Å². The minimum absolute atomic E-state index is 0.0922. The molecule has 0 amide bonds. The molecular formula is C7H7F7O2. The summed E-state index contributed by atoms with van der Waals surface area (Å²) in [4.78, 5) is 10.3. The van der Waals surface area contributed by atoms with Crippen LogP contribution in [-0.4, -0.2) is 29.1 Å². The Morgan fingerprint density at radius 3 is 1.38 bits per heavy atom. The van der Waals surface area contributed by atoms with E-state index in [2.05, 4.69) is 0 Å². The van der Waals surface area contributed by atoms with Gasteiger partial charge in [0.15, 0.2) is 0 Å². The monoisotopic (exact) mass is 256 g/mol. The second-order valence-electron chi connectivity index (χ2n) is 3.58. The minimum Gasteiger partial charge on any atom is -0.481 e. The van der Waals surface area contributed by atoms with E-state index < -0.39 is 29.4 Å². The van der Waals surface area contributed by atoms with Gasteiger partial charge in [-0.15, -0.1) is 0 Å². The third-order valence-electron chi connectivity index (χ3n) is 2.07. The third-order valence-corrected chi connectivity index (χ3v) is 2.07. The van der Waals surface area contributed by atoms with Crippen LogP contribution in [0.1, 0.15) is 13.8 Å². The maximum absolute atomic E-state index is 12.9. The number of aliphatic carboxylic acids is 1. The fraction of sp³-hybridized carbons (Fsp3) is 0.857. The van der Waals surface area contributed by atoms with Crippen molar-refractivity contribution in [1.82, 2.24) is 0 Å². The predicted molar refractivity (Wildman–Crippen MR) is 37.4 cm³/mol.